The predicted molar refractivity (Wildman–Crippen MR) is 88.7 cm³/mol. The quantitative estimate of drug-likeness (QED) is 0.626. The minimum absolute atomic E-state index is 0.350. The largest absolute Gasteiger partial charge is 0.465 e. The normalized spacial score (nSPS) is 20.6. The maximum atomic E-state index is 12.4. The number of nitrogens with one attached hydrogen (secondary N) is 2. The van der Waals surface area contributed by atoms with Crippen molar-refractivity contribution in [1.29, 1.82) is 0 Å². The number of esters is 1. The Morgan fingerprint density at radius 2 is 1.96 bits per heavy atom. The first-order chi connectivity index (χ1) is 11.1. The van der Waals surface area contributed by atoms with Crippen molar-refractivity contribution >= 4 is 12.0 Å². The van der Waals surface area contributed by atoms with E-state index in [1.807, 2.05) is 31.2 Å². The number of benzene rings is 1. The number of unbranched alkanes of at least 4 members (excludes halogenated alkanes) is 1. The molecule has 0 aliphatic carbocycles. The fourth-order valence-electron chi connectivity index (χ4n) is 2.61. The van der Waals surface area contributed by atoms with Gasteiger partial charge in [0.1, 0.15) is 5.92 Å². The molecule has 23 heavy (non-hydrogen) atoms. The zero-order chi connectivity index (χ0) is 16.8. The number of hydrogen-bond acceptors (Lipinski definition) is 3. The summed E-state index contributed by atoms with van der Waals surface area (Å²) >= 11 is 0. The number of carbonyl (C=O) groups excluding carboxylic acids is 2. The highest BCUT2D eigenvalue weighted by Gasteiger charge is 2.38. The van der Waals surface area contributed by atoms with Crippen LogP contribution in [0, 0.1) is 5.92 Å². The molecule has 0 bridgehead atoms. The molecule has 1 aromatic carbocycles. The third-order valence-corrected chi connectivity index (χ3v) is 4.01. The first kappa shape index (κ1) is 17.1. The van der Waals surface area contributed by atoms with Crippen molar-refractivity contribution in [3.05, 3.63) is 47.7 Å². The van der Waals surface area contributed by atoms with Gasteiger partial charge in [0, 0.05) is 5.70 Å². The molecule has 124 valence electrons. The Hall–Kier alpha value is -2.30. The lowest BCUT2D eigenvalue weighted by molar-refractivity contribution is -0.148. The third-order valence-electron chi connectivity index (χ3n) is 4.01. The zero-order valence-corrected chi connectivity index (χ0v) is 13.7. The van der Waals surface area contributed by atoms with E-state index in [2.05, 4.69) is 24.1 Å². The number of hydrogen-bond donors (Lipinski definition) is 2. The van der Waals surface area contributed by atoms with Crippen LogP contribution >= 0.6 is 0 Å². The average Bonchev–Trinajstić information content (AvgIpc) is 2.54. The maximum Gasteiger partial charge on any atom is 0.319 e. The molecule has 2 amide bonds. The smallest absolute Gasteiger partial charge is 0.319 e. The summed E-state index contributed by atoms with van der Waals surface area (Å²) < 4.78 is 5.33. The van der Waals surface area contributed by atoms with Crippen molar-refractivity contribution in [3.8, 4) is 0 Å². The van der Waals surface area contributed by atoms with Crippen LogP contribution in [0.1, 0.15) is 43.9 Å². The van der Waals surface area contributed by atoms with E-state index in [-0.39, 0.29) is 12.0 Å². The molecular formula is C18H24N2O3. The lowest BCUT2D eigenvalue weighted by Gasteiger charge is -2.33. The molecule has 2 atom stereocenters. The molecule has 0 aromatic heterocycles. The van der Waals surface area contributed by atoms with Crippen molar-refractivity contribution in [3.63, 3.8) is 0 Å². The predicted octanol–water partition coefficient (Wildman–Crippen LogP) is 3.08. The molecule has 0 radical (unpaired) electrons. The van der Waals surface area contributed by atoms with Gasteiger partial charge in [-0.1, -0.05) is 51.1 Å². The van der Waals surface area contributed by atoms with Crippen LogP contribution in [0.2, 0.25) is 0 Å². The molecule has 0 spiro atoms. The van der Waals surface area contributed by atoms with E-state index < -0.39 is 12.0 Å². The number of carbonyl (C=O) groups is 2. The first-order valence-electron chi connectivity index (χ1n) is 8.08. The van der Waals surface area contributed by atoms with E-state index >= 15 is 0 Å². The number of urea groups is 1. The Balaban J connectivity index is 2.21. The highest BCUT2D eigenvalue weighted by atomic mass is 16.5. The number of ether oxygens (including phenoxy) is 1. The Morgan fingerprint density at radius 3 is 2.57 bits per heavy atom. The summed E-state index contributed by atoms with van der Waals surface area (Å²) in [4.78, 5) is 24.2. The highest BCUT2D eigenvalue weighted by Crippen LogP contribution is 2.30. The van der Waals surface area contributed by atoms with E-state index in [9.17, 15) is 9.59 Å². The molecule has 1 saturated heterocycles. The van der Waals surface area contributed by atoms with Gasteiger partial charge in [0.25, 0.3) is 0 Å². The van der Waals surface area contributed by atoms with E-state index in [1.54, 1.807) is 0 Å². The van der Waals surface area contributed by atoms with Crippen LogP contribution in [-0.4, -0.2) is 18.6 Å². The van der Waals surface area contributed by atoms with E-state index in [1.165, 1.54) is 5.56 Å². The van der Waals surface area contributed by atoms with Crippen molar-refractivity contribution in [2.24, 2.45) is 5.92 Å². The Labute approximate surface area is 137 Å². The summed E-state index contributed by atoms with van der Waals surface area (Å²) in [6, 6.07) is 7.08. The molecular weight excluding hydrogens is 292 g/mol. The Kier molecular flexibility index (Phi) is 5.79. The summed E-state index contributed by atoms with van der Waals surface area (Å²) in [5, 5.41) is 5.39. The molecule has 0 unspecified atom stereocenters. The van der Waals surface area contributed by atoms with Crippen LogP contribution in [0.4, 0.5) is 4.79 Å². The van der Waals surface area contributed by atoms with Crippen LogP contribution in [0.3, 0.4) is 0 Å². The van der Waals surface area contributed by atoms with Gasteiger partial charge in [0.15, 0.2) is 0 Å². The van der Waals surface area contributed by atoms with Gasteiger partial charge in [-0.25, -0.2) is 4.79 Å². The molecule has 1 aliphatic heterocycles. The van der Waals surface area contributed by atoms with E-state index in [4.69, 9.17) is 4.74 Å². The van der Waals surface area contributed by atoms with Crippen LogP contribution in [0.25, 0.3) is 0 Å². The van der Waals surface area contributed by atoms with Crippen LogP contribution in [0.15, 0.2) is 36.5 Å². The van der Waals surface area contributed by atoms with Gasteiger partial charge in [-0.05, 0) is 24.0 Å². The summed E-state index contributed by atoms with van der Waals surface area (Å²) in [6.07, 6.45) is 2.71. The second-order valence-corrected chi connectivity index (χ2v) is 5.70. The lowest BCUT2D eigenvalue weighted by atomic mass is 9.88. The molecule has 1 fully saturated rings. The monoisotopic (exact) mass is 316 g/mol. The summed E-state index contributed by atoms with van der Waals surface area (Å²) in [7, 11) is 0. The fourth-order valence-corrected chi connectivity index (χ4v) is 2.61. The minimum Gasteiger partial charge on any atom is -0.465 e. The third kappa shape index (κ3) is 4.12. The van der Waals surface area contributed by atoms with E-state index in [0.717, 1.165) is 24.8 Å². The fraction of sp³-hybridized carbons (Fsp3) is 0.444. The number of rotatable bonds is 6. The maximum absolute atomic E-state index is 12.4. The second kappa shape index (κ2) is 7.81. The Bertz CT molecular complexity index is 580. The molecule has 1 heterocycles. The van der Waals surface area contributed by atoms with Gasteiger partial charge in [0.2, 0.25) is 0 Å². The van der Waals surface area contributed by atoms with Crippen LogP contribution < -0.4 is 10.6 Å². The van der Waals surface area contributed by atoms with Crippen molar-refractivity contribution in [2.75, 3.05) is 6.61 Å². The Morgan fingerprint density at radius 1 is 1.26 bits per heavy atom. The molecule has 1 aromatic rings. The number of aryl methyl sites for hydroxylation is 1. The summed E-state index contributed by atoms with van der Waals surface area (Å²) in [6.45, 7) is 8.33. The summed E-state index contributed by atoms with van der Waals surface area (Å²) in [5.41, 5.74) is 2.45. The molecule has 1 aliphatic rings. The highest BCUT2D eigenvalue weighted by molar-refractivity contribution is 5.85. The average molecular weight is 316 g/mol. The van der Waals surface area contributed by atoms with Crippen molar-refractivity contribution in [1.82, 2.24) is 10.6 Å². The second-order valence-electron chi connectivity index (χ2n) is 5.70. The number of amides is 2. The van der Waals surface area contributed by atoms with E-state index in [0.29, 0.717) is 12.3 Å². The lowest BCUT2D eigenvalue weighted by Crippen LogP contribution is -2.51. The first-order valence-corrected chi connectivity index (χ1v) is 8.08. The molecule has 0 saturated carbocycles. The minimum atomic E-state index is -0.628. The molecule has 5 nitrogen and oxygen atoms in total. The van der Waals surface area contributed by atoms with Gasteiger partial charge < -0.3 is 15.4 Å². The molecule has 5 heteroatoms. The van der Waals surface area contributed by atoms with Crippen molar-refractivity contribution in [2.45, 2.75) is 39.2 Å². The van der Waals surface area contributed by atoms with Gasteiger partial charge in [-0.15, -0.1) is 0 Å². The SMILES string of the molecule is C=C1NC(=O)N[C@@H](c2ccc(CC)cc2)[C@@H]1C(=O)OCCCC. The van der Waals surface area contributed by atoms with Gasteiger partial charge in [-0.2, -0.15) is 0 Å². The zero-order valence-electron chi connectivity index (χ0n) is 13.7. The molecule has 2 rings (SSSR count). The standard InChI is InChI=1S/C18H24N2O3/c1-4-6-11-23-17(21)15-12(3)19-18(22)20-16(15)14-9-7-13(5-2)8-10-14/h7-10,15-16H,3-6,11H2,1-2H3,(H2,19,20,22)/t15-,16+/m1/s1. The van der Waals surface area contributed by atoms with Gasteiger partial charge in [0.05, 0.1) is 12.6 Å². The summed E-state index contributed by atoms with van der Waals surface area (Å²) in [5.74, 6) is -0.988. The van der Waals surface area contributed by atoms with Crippen LogP contribution in [0.5, 0.6) is 0 Å². The molecule has 2 N–H and O–H groups in total. The van der Waals surface area contributed by atoms with Gasteiger partial charge >= 0.3 is 12.0 Å². The van der Waals surface area contributed by atoms with Gasteiger partial charge in [-0.3, -0.25) is 4.79 Å². The topological polar surface area (TPSA) is 67.4 Å². The van der Waals surface area contributed by atoms with Crippen LogP contribution in [-0.2, 0) is 16.0 Å². The van der Waals surface area contributed by atoms with Crippen molar-refractivity contribution < 1.29 is 14.3 Å².